The zero-order valence-electron chi connectivity index (χ0n) is 11.5. The van der Waals surface area contributed by atoms with E-state index in [4.69, 9.17) is 5.26 Å². The van der Waals surface area contributed by atoms with Gasteiger partial charge in [-0.05, 0) is 32.0 Å². The Morgan fingerprint density at radius 3 is 2.43 bits per heavy atom. The summed E-state index contributed by atoms with van der Waals surface area (Å²) in [7, 11) is -3.24. The molecule has 0 spiro atoms. The maximum Gasteiger partial charge on any atom is 0.416 e. The zero-order valence-corrected chi connectivity index (χ0v) is 12.3. The number of benzene rings is 1. The predicted molar refractivity (Wildman–Crippen MR) is 73.6 cm³/mol. The van der Waals surface area contributed by atoms with E-state index < -0.39 is 26.8 Å². The standard InChI is InChI=1S/C13H15F3N2O2S/c1-9(2)21(19,20)6-5-18-12-4-3-11(13(14,15)16)7-10(12)8-17/h3-4,7,9,18H,5-6H2,1-2H3. The molecule has 0 atom stereocenters. The molecule has 0 aliphatic rings. The lowest BCUT2D eigenvalue weighted by Gasteiger charge is -2.12. The quantitative estimate of drug-likeness (QED) is 0.905. The first-order valence-electron chi connectivity index (χ1n) is 6.14. The maximum atomic E-state index is 12.5. The minimum absolute atomic E-state index is 0.0283. The molecule has 0 radical (unpaired) electrons. The molecule has 1 rings (SSSR count). The summed E-state index contributed by atoms with van der Waals surface area (Å²) < 4.78 is 60.8. The molecular weight excluding hydrogens is 305 g/mol. The summed E-state index contributed by atoms with van der Waals surface area (Å²) in [5, 5.41) is 11.0. The van der Waals surface area contributed by atoms with E-state index in [0.717, 1.165) is 18.2 Å². The third kappa shape index (κ3) is 4.63. The number of hydrogen-bond donors (Lipinski definition) is 1. The Bertz CT molecular complexity index is 646. The molecule has 0 aromatic heterocycles. The lowest BCUT2D eigenvalue weighted by Crippen LogP contribution is -2.23. The number of rotatable bonds is 5. The van der Waals surface area contributed by atoms with Gasteiger partial charge in [-0.2, -0.15) is 18.4 Å². The van der Waals surface area contributed by atoms with Crippen LogP contribution in [-0.4, -0.2) is 26.0 Å². The third-order valence-corrected chi connectivity index (χ3v) is 5.10. The van der Waals surface area contributed by atoms with Crippen molar-refractivity contribution in [1.82, 2.24) is 0 Å². The molecule has 0 saturated carbocycles. The Labute approximate surface area is 121 Å². The van der Waals surface area contributed by atoms with Gasteiger partial charge < -0.3 is 5.32 Å². The molecule has 0 bridgehead atoms. The summed E-state index contributed by atoms with van der Waals surface area (Å²) in [6.45, 7) is 3.13. The van der Waals surface area contributed by atoms with E-state index in [-0.39, 0.29) is 23.5 Å². The highest BCUT2D eigenvalue weighted by Gasteiger charge is 2.31. The molecule has 0 unspecified atom stereocenters. The fraction of sp³-hybridized carbons (Fsp3) is 0.462. The van der Waals surface area contributed by atoms with Crippen LogP contribution in [0.1, 0.15) is 25.0 Å². The molecule has 8 heteroatoms. The van der Waals surface area contributed by atoms with Crippen molar-refractivity contribution in [2.45, 2.75) is 25.3 Å². The van der Waals surface area contributed by atoms with Crippen molar-refractivity contribution < 1.29 is 21.6 Å². The van der Waals surface area contributed by atoms with E-state index in [0.29, 0.717) is 0 Å². The second-order valence-electron chi connectivity index (χ2n) is 4.71. The number of nitrogens with zero attached hydrogens (tertiary/aromatic N) is 1. The van der Waals surface area contributed by atoms with Gasteiger partial charge in [-0.25, -0.2) is 8.42 Å². The van der Waals surface area contributed by atoms with Crippen LogP contribution in [0, 0.1) is 11.3 Å². The van der Waals surface area contributed by atoms with Gasteiger partial charge in [-0.1, -0.05) is 0 Å². The Balaban J connectivity index is 2.84. The van der Waals surface area contributed by atoms with Crippen LogP contribution in [0.25, 0.3) is 0 Å². The van der Waals surface area contributed by atoms with Crippen molar-refractivity contribution in [3.05, 3.63) is 29.3 Å². The molecule has 4 nitrogen and oxygen atoms in total. The molecular formula is C13H15F3N2O2S. The van der Waals surface area contributed by atoms with Crippen LogP contribution in [-0.2, 0) is 16.0 Å². The third-order valence-electron chi connectivity index (χ3n) is 2.89. The molecule has 1 aromatic rings. The fourth-order valence-corrected chi connectivity index (χ4v) is 2.39. The predicted octanol–water partition coefficient (Wildman–Crippen LogP) is 2.81. The number of nitrogens with one attached hydrogen (secondary N) is 1. The number of nitriles is 1. The van der Waals surface area contributed by atoms with E-state index in [1.165, 1.54) is 0 Å². The van der Waals surface area contributed by atoms with Gasteiger partial charge in [0.05, 0.1) is 27.8 Å². The SMILES string of the molecule is CC(C)S(=O)(=O)CCNc1ccc(C(F)(F)F)cc1C#N. The molecule has 0 saturated heterocycles. The minimum Gasteiger partial charge on any atom is -0.383 e. The minimum atomic E-state index is -4.52. The normalized spacial score (nSPS) is 12.2. The molecule has 0 aliphatic heterocycles. The summed E-state index contributed by atoms with van der Waals surface area (Å²) >= 11 is 0. The van der Waals surface area contributed by atoms with Gasteiger partial charge in [-0.15, -0.1) is 0 Å². The number of anilines is 1. The van der Waals surface area contributed by atoms with Crippen molar-refractivity contribution >= 4 is 15.5 Å². The number of hydrogen-bond acceptors (Lipinski definition) is 4. The van der Waals surface area contributed by atoms with Crippen molar-refractivity contribution in [2.24, 2.45) is 0 Å². The van der Waals surface area contributed by atoms with Crippen LogP contribution in [0.3, 0.4) is 0 Å². The number of halogens is 3. The second kappa shape index (κ2) is 6.35. The van der Waals surface area contributed by atoms with Crippen molar-refractivity contribution in [1.29, 1.82) is 5.26 Å². The van der Waals surface area contributed by atoms with Gasteiger partial charge in [0.2, 0.25) is 0 Å². The van der Waals surface area contributed by atoms with Gasteiger partial charge in [-0.3, -0.25) is 0 Å². The van der Waals surface area contributed by atoms with Crippen LogP contribution < -0.4 is 5.32 Å². The number of sulfone groups is 1. The molecule has 1 aromatic carbocycles. The maximum absolute atomic E-state index is 12.5. The van der Waals surface area contributed by atoms with Crippen LogP contribution in [0.15, 0.2) is 18.2 Å². The largest absolute Gasteiger partial charge is 0.416 e. The molecule has 116 valence electrons. The fourth-order valence-electron chi connectivity index (χ4n) is 1.53. The summed E-state index contributed by atoms with van der Waals surface area (Å²) in [6.07, 6.45) is -4.52. The highest BCUT2D eigenvalue weighted by atomic mass is 32.2. The van der Waals surface area contributed by atoms with E-state index in [1.807, 2.05) is 0 Å². The highest BCUT2D eigenvalue weighted by Crippen LogP contribution is 2.31. The first-order chi connectivity index (χ1) is 9.58. The molecule has 1 N–H and O–H groups in total. The Morgan fingerprint density at radius 2 is 1.95 bits per heavy atom. The first-order valence-corrected chi connectivity index (χ1v) is 7.86. The second-order valence-corrected chi connectivity index (χ2v) is 7.39. The summed E-state index contributed by atoms with van der Waals surface area (Å²) in [5.41, 5.74) is -0.907. The van der Waals surface area contributed by atoms with Gasteiger partial charge >= 0.3 is 6.18 Å². The zero-order chi connectivity index (χ0) is 16.3. The monoisotopic (exact) mass is 320 g/mol. The van der Waals surface area contributed by atoms with E-state index in [2.05, 4.69) is 5.32 Å². The number of alkyl halides is 3. The lowest BCUT2D eigenvalue weighted by atomic mass is 10.1. The Hall–Kier alpha value is -1.75. The van der Waals surface area contributed by atoms with Gasteiger partial charge in [0, 0.05) is 6.54 Å². The molecule has 21 heavy (non-hydrogen) atoms. The first kappa shape index (κ1) is 17.3. The smallest absolute Gasteiger partial charge is 0.383 e. The van der Waals surface area contributed by atoms with Crippen LogP contribution in [0.4, 0.5) is 18.9 Å². The topological polar surface area (TPSA) is 70.0 Å². The van der Waals surface area contributed by atoms with Crippen LogP contribution in [0.5, 0.6) is 0 Å². The molecule has 0 aliphatic carbocycles. The Kier molecular flexibility index (Phi) is 5.23. The lowest BCUT2D eigenvalue weighted by molar-refractivity contribution is -0.137. The summed E-state index contributed by atoms with van der Waals surface area (Å²) in [4.78, 5) is 0. The van der Waals surface area contributed by atoms with Crippen molar-refractivity contribution in [2.75, 3.05) is 17.6 Å². The van der Waals surface area contributed by atoms with Gasteiger partial charge in [0.15, 0.2) is 9.84 Å². The molecule has 0 heterocycles. The van der Waals surface area contributed by atoms with Crippen molar-refractivity contribution in [3.63, 3.8) is 0 Å². The molecule has 0 fully saturated rings. The van der Waals surface area contributed by atoms with E-state index in [1.54, 1.807) is 19.9 Å². The average Bonchev–Trinajstić information content (AvgIpc) is 2.37. The van der Waals surface area contributed by atoms with E-state index >= 15 is 0 Å². The van der Waals surface area contributed by atoms with Crippen LogP contribution >= 0.6 is 0 Å². The highest BCUT2D eigenvalue weighted by molar-refractivity contribution is 7.92. The summed E-state index contributed by atoms with van der Waals surface area (Å²) in [5.74, 6) is -0.156. The summed E-state index contributed by atoms with van der Waals surface area (Å²) in [6, 6.07) is 4.38. The average molecular weight is 320 g/mol. The van der Waals surface area contributed by atoms with Gasteiger partial charge in [0.1, 0.15) is 6.07 Å². The molecule has 0 amide bonds. The Morgan fingerprint density at radius 1 is 1.33 bits per heavy atom. The van der Waals surface area contributed by atoms with Crippen LogP contribution in [0.2, 0.25) is 0 Å². The van der Waals surface area contributed by atoms with Gasteiger partial charge in [0.25, 0.3) is 0 Å². The van der Waals surface area contributed by atoms with E-state index in [9.17, 15) is 21.6 Å². The van der Waals surface area contributed by atoms with Crippen molar-refractivity contribution in [3.8, 4) is 6.07 Å².